The van der Waals surface area contributed by atoms with Gasteiger partial charge in [0.25, 0.3) is 5.91 Å². The number of nitrogens with zero attached hydrogens (tertiary/aromatic N) is 1. The Morgan fingerprint density at radius 1 is 0.929 bits per heavy atom. The third kappa shape index (κ3) is 4.09. The second-order valence-electron chi connectivity index (χ2n) is 7.03. The molecule has 1 aliphatic rings. The first-order valence-electron chi connectivity index (χ1n) is 9.51. The normalized spacial score (nSPS) is 16.0. The van der Waals surface area contributed by atoms with Crippen LogP contribution in [0, 0.1) is 0 Å². The molecule has 0 saturated carbocycles. The van der Waals surface area contributed by atoms with E-state index in [0.29, 0.717) is 23.0 Å². The number of nitrogen functional groups attached to an aromatic ring is 1. The van der Waals surface area contributed by atoms with Gasteiger partial charge in [-0.2, -0.15) is 0 Å². The van der Waals surface area contributed by atoms with Crippen molar-refractivity contribution in [1.29, 1.82) is 0 Å². The fourth-order valence-corrected chi connectivity index (χ4v) is 3.51. The van der Waals surface area contributed by atoms with Crippen LogP contribution < -0.4 is 21.3 Å². The molecule has 4 rings (SSSR count). The Morgan fingerprint density at radius 2 is 1.64 bits per heavy atom. The lowest BCUT2D eigenvalue weighted by atomic mass is 10.1. The number of hydrogen-bond donors (Lipinski definition) is 3. The maximum absolute atomic E-state index is 12.5. The second kappa shape index (κ2) is 8.05. The summed E-state index contributed by atoms with van der Waals surface area (Å²) in [7, 11) is 0. The Balaban J connectivity index is 1.37. The molecule has 1 heterocycles. The number of rotatable bonds is 5. The van der Waals surface area contributed by atoms with Crippen LogP contribution in [0.3, 0.4) is 0 Å². The van der Waals surface area contributed by atoms with Gasteiger partial charge in [0.05, 0.1) is 11.4 Å². The van der Waals surface area contributed by atoms with Gasteiger partial charge in [0, 0.05) is 36.1 Å². The topological polar surface area (TPSA) is 70.4 Å². The molecule has 3 aromatic carbocycles. The summed E-state index contributed by atoms with van der Waals surface area (Å²) in [5.74, 6) is -0.158. The van der Waals surface area contributed by atoms with Crippen molar-refractivity contribution in [2.24, 2.45) is 0 Å². The number of para-hydroxylation sites is 3. The monoisotopic (exact) mass is 372 g/mol. The third-order valence-electron chi connectivity index (χ3n) is 5.04. The fraction of sp³-hybridized carbons (Fsp3) is 0.174. The van der Waals surface area contributed by atoms with Crippen molar-refractivity contribution in [3.8, 4) is 0 Å². The van der Waals surface area contributed by atoms with E-state index < -0.39 is 0 Å². The largest absolute Gasteiger partial charge is 0.397 e. The number of carbonyl (C=O) groups excluding carboxylic acids is 1. The molecule has 28 heavy (non-hydrogen) atoms. The minimum atomic E-state index is -0.158. The molecule has 1 atom stereocenters. The molecule has 0 radical (unpaired) electrons. The standard InChI is InChI=1S/C23H24N4O/c24-21-8-4-5-9-22(21)26-23(28)17-10-12-20(13-11-17)27-15-14-19(16-27)25-18-6-2-1-3-7-18/h1-13,19,25H,14-16,24H2,(H,26,28). The van der Waals surface area contributed by atoms with Crippen molar-refractivity contribution < 1.29 is 4.79 Å². The highest BCUT2D eigenvalue weighted by atomic mass is 16.1. The second-order valence-corrected chi connectivity index (χ2v) is 7.03. The Kier molecular flexibility index (Phi) is 5.15. The van der Waals surface area contributed by atoms with Crippen LogP contribution in [0.4, 0.5) is 22.7 Å². The van der Waals surface area contributed by atoms with Crippen LogP contribution in [0.1, 0.15) is 16.8 Å². The Hall–Kier alpha value is -3.47. The molecule has 142 valence electrons. The number of anilines is 4. The fourth-order valence-electron chi connectivity index (χ4n) is 3.51. The molecule has 0 aliphatic carbocycles. The minimum Gasteiger partial charge on any atom is -0.397 e. The SMILES string of the molecule is Nc1ccccc1NC(=O)c1ccc(N2CCC(Nc3ccccc3)C2)cc1. The lowest BCUT2D eigenvalue weighted by Gasteiger charge is -2.20. The minimum absolute atomic E-state index is 0.158. The van der Waals surface area contributed by atoms with Crippen LogP contribution >= 0.6 is 0 Å². The number of carbonyl (C=O) groups is 1. The number of hydrogen-bond acceptors (Lipinski definition) is 4. The van der Waals surface area contributed by atoms with Crippen LogP contribution in [0.5, 0.6) is 0 Å². The van der Waals surface area contributed by atoms with E-state index in [1.54, 1.807) is 12.1 Å². The van der Waals surface area contributed by atoms with Crippen LogP contribution in [0.25, 0.3) is 0 Å². The van der Waals surface area contributed by atoms with E-state index in [1.807, 2.05) is 54.6 Å². The first kappa shape index (κ1) is 17.9. The van der Waals surface area contributed by atoms with Crippen LogP contribution in [0.2, 0.25) is 0 Å². The van der Waals surface area contributed by atoms with Gasteiger partial charge in [-0.15, -0.1) is 0 Å². The summed E-state index contributed by atoms with van der Waals surface area (Å²) in [5.41, 5.74) is 9.98. The lowest BCUT2D eigenvalue weighted by Crippen LogP contribution is -2.26. The molecule has 1 unspecified atom stereocenters. The molecular formula is C23H24N4O. The van der Waals surface area contributed by atoms with Gasteiger partial charge in [-0.05, 0) is 55.0 Å². The van der Waals surface area contributed by atoms with Crippen LogP contribution in [0.15, 0.2) is 78.9 Å². The molecule has 0 bridgehead atoms. The Labute approximate surface area is 165 Å². The van der Waals surface area contributed by atoms with E-state index in [-0.39, 0.29) is 5.91 Å². The van der Waals surface area contributed by atoms with Gasteiger partial charge < -0.3 is 21.3 Å². The molecule has 0 spiro atoms. The van der Waals surface area contributed by atoms with Crippen molar-refractivity contribution in [1.82, 2.24) is 0 Å². The van der Waals surface area contributed by atoms with Crippen molar-refractivity contribution in [3.05, 3.63) is 84.4 Å². The van der Waals surface area contributed by atoms with Gasteiger partial charge in [0.2, 0.25) is 0 Å². The summed E-state index contributed by atoms with van der Waals surface area (Å²) in [5, 5.41) is 6.45. The lowest BCUT2D eigenvalue weighted by molar-refractivity contribution is 0.102. The van der Waals surface area contributed by atoms with Gasteiger partial charge in [0.15, 0.2) is 0 Å². The highest BCUT2D eigenvalue weighted by Crippen LogP contribution is 2.24. The van der Waals surface area contributed by atoms with E-state index in [1.165, 1.54) is 0 Å². The van der Waals surface area contributed by atoms with Gasteiger partial charge in [-0.25, -0.2) is 0 Å². The summed E-state index contributed by atoms with van der Waals surface area (Å²) >= 11 is 0. The predicted octanol–water partition coefficient (Wildman–Crippen LogP) is 4.21. The molecule has 1 fully saturated rings. The van der Waals surface area contributed by atoms with Crippen LogP contribution in [-0.4, -0.2) is 25.0 Å². The van der Waals surface area contributed by atoms with Gasteiger partial charge in [0.1, 0.15) is 0 Å². The first-order valence-corrected chi connectivity index (χ1v) is 9.51. The van der Waals surface area contributed by atoms with E-state index in [0.717, 1.165) is 30.9 Å². The molecule has 1 aliphatic heterocycles. The van der Waals surface area contributed by atoms with E-state index in [4.69, 9.17) is 5.73 Å². The molecule has 5 heteroatoms. The summed E-state index contributed by atoms with van der Waals surface area (Å²) < 4.78 is 0. The number of nitrogens with one attached hydrogen (secondary N) is 2. The highest BCUT2D eigenvalue weighted by molar-refractivity contribution is 6.05. The molecule has 1 amide bonds. The van der Waals surface area contributed by atoms with Gasteiger partial charge in [-0.1, -0.05) is 30.3 Å². The molecule has 5 nitrogen and oxygen atoms in total. The van der Waals surface area contributed by atoms with Crippen molar-refractivity contribution >= 4 is 28.7 Å². The first-order chi connectivity index (χ1) is 13.7. The van der Waals surface area contributed by atoms with Gasteiger partial charge in [-0.3, -0.25) is 4.79 Å². The maximum atomic E-state index is 12.5. The average molecular weight is 372 g/mol. The molecule has 4 N–H and O–H groups in total. The molecule has 0 aromatic heterocycles. The Bertz CT molecular complexity index is 940. The summed E-state index contributed by atoms with van der Waals surface area (Å²) in [6.45, 7) is 1.94. The zero-order valence-electron chi connectivity index (χ0n) is 15.6. The summed E-state index contributed by atoms with van der Waals surface area (Å²) in [6.07, 6.45) is 1.09. The zero-order valence-corrected chi connectivity index (χ0v) is 15.6. The van der Waals surface area contributed by atoms with Gasteiger partial charge >= 0.3 is 0 Å². The molecular weight excluding hydrogens is 348 g/mol. The van der Waals surface area contributed by atoms with E-state index >= 15 is 0 Å². The number of benzene rings is 3. The van der Waals surface area contributed by atoms with E-state index in [2.05, 4.69) is 27.7 Å². The average Bonchev–Trinajstić information content (AvgIpc) is 3.19. The smallest absolute Gasteiger partial charge is 0.255 e. The quantitative estimate of drug-likeness (QED) is 0.587. The predicted molar refractivity (Wildman–Crippen MR) is 116 cm³/mol. The van der Waals surface area contributed by atoms with Crippen molar-refractivity contribution in [2.45, 2.75) is 12.5 Å². The third-order valence-corrected chi connectivity index (χ3v) is 5.04. The van der Waals surface area contributed by atoms with Crippen molar-refractivity contribution in [3.63, 3.8) is 0 Å². The Morgan fingerprint density at radius 3 is 2.39 bits per heavy atom. The van der Waals surface area contributed by atoms with E-state index in [9.17, 15) is 4.79 Å². The van der Waals surface area contributed by atoms with Crippen LogP contribution in [-0.2, 0) is 0 Å². The molecule has 3 aromatic rings. The highest BCUT2D eigenvalue weighted by Gasteiger charge is 2.22. The molecule has 1 saturated heterocycles. The number of nitrogens with two attached hydrogens (primary N) is 1. The summed E-state index contributed by atoms with van der Waals surface area (Å²) in [6, 6.07) is 25.7. The maximum Gasteiger partial charge on any atom is 0.255 e. The number of amides is 1. The van der Waals surface area contributed by atoms with Crippen molar-refractivity contribution in [2.75, 3.05) is 34.4 Å². The summed E-state index contributed by atoms with van der Waals surface area (Å²) in [4.78, 5) is 14.8. The zero-order chi connectivity index (χ0) is 19.3.